The molecule has 1 atom stereocenters. The third kappa shape index (κ3) is 7.33. The van der Waals surface area contributed by atoms with Crippen molar-refractivity contribution >= 4 is 17.7 Å². The molecular weight excluding hydrogens is 524 g/mol. The predicted molar refractivity (Wildman–Crippen MR) is 167 cm³/mol. The molecule has 222 valence electrons. The van der Waals surface area contributed by atoms with Gasteiger partial charge in [-0.15, -0.1) is 0 Å². The number of nitrogens with one attached hydrogen (secondary N) is 1. The molecule has 1 unspecified atom stereocenters. The standard InChI is InChI=1S/C36H44N2O4/c1-36(2,3)30-20-18-25(17-19-26(41-35(37)40)21-24-11-5-4-6-12-24)22-31(30)38-34(39)23-29-27-13-7-9-15-32(27)42-33-16-10-8-14-28(29)33/h7-10,13-16,18,20,22,24,26,29H,4-6,11-12,17,19,21,23H2,1-3H3,(H2,37,40)(H,38,39). The van der Waals surface area contributed by atoms with Crippen molar-refractivity contribution < 1.29 is 19.1 Å². The zero-order valence-electron chi connectivity index (χ0n) is 25.2. The van der Waals surface area contributed by atoms with Crippen LogP contribution in [-0.4, -0.2) is 18.1 Å². The first-order valence-electron chi connectivity index (χ1n) is 15.4. The highest BCUT2D eigenvalue weighted by molar-refractivity contribution is 5.93. The van der Waals surface area contributed by atoms with Crippen LogP contribution in [0, 0.1) is 5.92 Å². The number of aryl methyl sites for hydroxylation is 1. The van der Waals surface area contributed by atoms with E-state index in [2.05, 4.69) is 44.3 Å². The maximum atomic E-state index is 13.7. The Morgan fingerprint density at radius 3 is 2.21 bits per heavy atom. The van der Waals surface area contributed by atoms with Crippen LogP contribution in [0.3, 0.4) is 0 Å². The Bertz CT molecular complexity index is 1360. The fourth-order valence-corrected chi connectivity index (χ4v) is 6.63. The van der Waals surface area contributed by atoms with Crippen LogP contribution in [0.15, 0.2) is 66.7 Å². The SMILES string of the molecule is CC(C)(C)c1ccc(CCC(CC2CCCCC2)OC(N)=O)cc1NC(=O)CC1c2ccccc2Oc2ccccc21. The Hall–Kier alpha value is -3.80. The van der Waals surface area contributed by atoms with Gasteiger partial charge in [0.05, 0.1) is 0 Å². The molecule has 2 amide bonds. The molecular formula is C36H44N2O4. The van der Waals surface area contributed by atoms with E-state index in [0.29, 0.717) is 18.8 Å². The Kier molecular flexibility index (Phi) is 9.20. The molecule has 0 saturated heterocycles. The Balaban J connectivity index is 1.33. The summed E-state index contributed by atoms with van der Waals surface area (Å²) in [5.74, 6) is 2.04. The number of rotatable bonds is 9. The molecule has 0 spiro atoms. The second kappa shape index (κ2) is 13.0. The first-order chi connectivity index (χ1) is 20.2. The number of hydrogen-bond acceptors (Lipinski definition) is 4. The summed E-state index contributed by atoms with van der Waals surface area (Å²) < 4.78 is 11.7. The molecule has 6 heteroatoms. The molecule has 3 aromatic carbocycles. The number of hydrogen-bond donors (Lipinski definition) is 2. The normalized spacial score (nSPS) is 16.1. The fraction of sp³-hybridized carbons (Fsp3) is 0.444. The monoisotopic (exact) mass is 568 g/mol. The van der Waals surface area contributed by atoms with E-state index in [9.17, 15) is 9.59 Å². The molecule has 6 nitrogen and oxygen atoms in total. The van der Waals surface area contributed by atoms with E-state index < -0.39 is 6.09 Å². The topological polar surface area (TPSA) is 90.6 Å². The first-order valence-corrected chi connectivity index (χ1v) is 15.4. The minimum atomic E-state index is -0.705. The summed E-state index contributed by atoms with van der Waals surface area (Å²) >= 11 is 0. The minimum Gasteiger partial charge on any atom is -0.457 e. The van der Waals surface area contributed by atoms with E-state index in [1.165, 1.54) is 32.1 Å². The zero-order chi connectivity index (χ0) is 29.7. The molecule has 1 fully saturated rings. The summed E-state index contributed by atoms with van der Waals surface area (Å²) in [6.07, 6.45) is 7.88. The number of fused-ring (bicyclic) bond motifs is 2. The van der Waals surface area contributed by atoms with E-state index >= 15 is 0 Å². The van der Waals surface area contributed by atoms with E-state index in [0.717, 1.165) is 52.3 Å². The number of nitrogens with two attached hydrogens (primary N) is 1. The molecule has 1 aliphatic heterocycles. The number of benzene rings is 3. The van der Waals surface area contributed by atoms with Crippen molar-refractivity contribution in [1.82, 2.24) is 0 Å². The van der Waals surface area contributed by atoms with Gasteiger partial charge in [-0.2, -0.15) is 0 Å². The minimum absolute atomic E-state index is 0.0404. The highest BCUT2D eigenvalue weighted by Gasteiger charge is 2.29. The van der Waals surface area contributed by atoms with Gasteiger partial charge in [-0.05, 0) is 59.9 Å². The largest absolute Gasteiger partial charge is 0.457 e. The Morgan fingerprint density at radius 1 is 0.952 bits per heavy atom. The van der Waals surface area contributed by atoms with Crippen LogP contribution >= 0.6 is 0 Å². The summed E-state index contributed by atoms with van der Waals surface area (Å²) in [6.45, 7) is 6.47. The summed E-state index contributed by atoms with van der Waals surface area (Å²) in [5.41, 5.74) is 10.3. The molecule has 0 radical (unpaired) electrons. The van der Waals surface area contributed by atoms with Gasteiger partial charge in [0.15, 0.2) is 0 Å². The van der Waals surface area contributed by atoms with Gasteiger partial charge in [-0.1, -0.05) is 101 Å². The van der Waals surface area contributed by atoms with Gasteiger partial charge in [0.25, 0.3) is 0 Å². The molecule has 3 N–H and O–H groups in total. The van der Waals surface area contributed by atoms with E-state index in [1.807, 2.05) is 48.5 Å². The summed E-state index contributed by atoms with van der Waals surface area (Å²) in [7, 11) is 0. The van der Waals surface area contributed by atoms with Gasteiger partial charge in [0.2, 0.25) is 5.91 Å². The third-order valence-corrected chi connectivity index (χ3v) is 8.72. The molecule has 42 heavy (non-hydrogen) atoms. The van der Waals surface area contributed by atoms with Crippen molar-refractivity contribution in [2.24, 2.45) is 11.7 Å². The van der Waals surface area contributed by atoms with Crippen LogP contribution < -0.4 is 15.8 Å². The lowest BCUT2D eigenvalue weighted by Gasteiger charge is -2.28. The number of carbonyl (C=O) groups excluding carboxylic acids is 2. The lowest BCUT2D eigenvalue weighted by molar-refractivity contribution is -0.116. The second-order valence-corrected chi connectivity index (χ2v) is 12.9. The number of para-hydroxylation sites is 2. The molecule has 0 aromatic heterocycles. The summed E-state index contributed by atoms with van der Waals surface area (Å²) in [4.78, 5) is 25.3. The van der Waals surface area contributed by atoms with Gasteiger partial charge < -0.3 is 20.5 Å². The van der Waals surface area contributed by atoms with E-state index in [-0.39, 0.29) is 23.3 Å². The molecule has 5 rings (SSSR count). The number of anilines is 1. The lowest BCUT2D eigenvalue weighted by atomic mass is 9.83. The maximum Gasteiger partial charge on any atom is 0.404 e. The summed E-state index contributed by atoms with van der Waals surface area (Å²) in [5, 5.41) is 3.27. The van der Waals surface area contributed by atoms with Crippen LogP contribution in [-0.2, 0) is 21.4 Å². The third-order valence-electron chi connectivity index (χ3n) is 8.72. The van der Waals surface area contributed by atoms with Crippen LogP contribution in [0.2, 0.25) is 0 Å². The van der Waals surface area contributed by atoms with Gasteiger partial charge in [-0.3, -0.25) is 4.79 Å². The van der Waals surface area contributed by atoms with Crippen molar-refractivity contribution in [3.8, 4) is 11.5 Å². The van der Waals surface area contributed by atoms with Crippen LogP contribution in [0.5, 0.6) is 11.5 Å². The molecule has 3 aromatic rings. The van der Waals surface area contributed by atoms with Crippen LogP contribution in [0.4, 0.5) is 10.5 Å². The molecule has 1 aliphatic carbocycles. The average molecular weight is 569 g/mol. The van der Waals surface area contributed by atoms with Crippen molar-refractivity contribution in [1.29, 1.82) is 0 Å². The maximum absolute atomic E-state index is 13.7. The quantitative estimate of drug-likeness (QED) is 0.270. The molecule has 2 aliphatic rings. The molecule has 1 saturated carbocycles. The van der Waals surface area contributed by atoms with Crippen molar-refractivity contribution in [3.05, 3.63) is 89.0 Å². The highest BCUT2D eigenvalue weighted by Crippen LogP contribution is 2.45. The second-order valence-electron chi connectivity index (χ2n) is 12.9. The Morgan fingerprint density at radius 2 is 1.60 bits per heavy atom. The fourth-order valence-electron chi connectivity index (χ4n) is 6.63. The van der Waals surface area contributed by atoms with E-state index in [1.54, 1.807) is 0 Å². The smallest absolute Gasteiger partial charge is 0.404 e. The highest BCUT2D eigenvalue weighted by atomic mass is 16.6. The number of primary amides is 1. The zero-order valence-corrected chi connectivity index (χ0v) is 25.2. The average Bonchev–Trinajstić information content (AvgIpc) is 2.95. The lowest BCUT2D eigenvalue weighted by Crippen LogP contribution is -2.26. The van der Waals surface area contributed by atoms with E-state index in [4.69, 9.17) is 15.2 Å². The van der Waals surface area contributed by atoms with Crippen LogP contribution in [0.25, 0.3) is 0 Å². The van der Waals surface area contributed by atoms with Crippen molar-refractivity contribution in [3.63, 3.8) is 0 Å². The Labute approximate surface area is 250 Å². The van der Waals surface area contributed by atoms with Crippen LogP contribution in [0.1, 0.15) is 100 Å². The number of amides is 2. The first kappa shape index (κ1) is 29.7. The predicted octanol–water partition coefficient (Wildman–Crippen LogP) is 8.62. The number of ether oxygens (including phenoxy) is 2. The molecule has 1 heterocycles. The number of carbonyl (C=O) groups is 2. The van der Waals surface area contributed by atoms with Gasteiger partial charge >= 0.3 is 6.09 Å². The van der Waals surface area contributed by atoms with Gasteiger partial charge in [-0.25, -0.2) is 4.79 Å². The van der Waals surface area contributed by atoms with Crippen molar-refractivity contribution in [2.45, 2.75) is 96.0 Å². The van der Waals surface area contributed by atoms with Gasteiger partial charge in [0, 0.05) is 29.2 Å². The molecule has 0 bridgehead atoms. The van der Waals surface area contributed by atoms with Crippen molar-refractivity contribution in [2.75, 3.05) is 5.32 Å². The van der Waals surface area contributed by atoms with Gasteiger partial charge in [0.1, 0.15) is 17.6 Å². The summed E-state index contributed by atoms with van der Waals surface area (Å²) in [6, 6.07) is 22.2.